The van der Waals surface area contributed by atoms with Gasteiger partial charge in [0.1, 0.15) is 11.8 Å². The number of hydrogen-bond donors (Lipinski definition) is 0. The minimum atomic E-state index is -0.297. The minimum Gasteiger partial charge on any atom is -0.442 e. The Kier molecular flexibility index (Phi) is 4.18. The highest BCUT2D eigenvalue weighted by atomic mass is 16.6. The van der Waals surface area contributed by atoms with Crippen LogP contribution in [0.1, 0.15) is 30.3 Å². The number of likely N-dealkylation sites (tertiary alicyclic amines) is 2. The molecule has 2 atom stereocenters. The van der Waals surface area contributed by atoms with Gasteiger partial charge in [0, 0.05) is 38.8 Å². The average molecular weight is 397 g/mol. The first-order chi connectivity index (χ1) is 14.0. The van der Waals surface area contributed by atoms with Crippen LogP contribution in [-0.4, -0.2) is 86.6 Å². The summed E-state index contributed by atoms with van der Waals surface area (Å²) >= 11 is 0. The SMILES string of the molecule is CC(=O)N1C[C@@H]2OC(=O)N(C3CCN(C(=O)c4ccc5cccnn45)CC3)[C@@H]2C1. The third kappa shape index (κ3) is 2.92. The van der Waals surface area contributed by atoms with Crippen molar-refractivity contribution in [3.05, 3.63) is 36.2 Å². The number of hydrogen-bond acceptors (Lipinski definition) is 5. The summed E-state index contributed by atoms with van der Waals surface area (Å²) in [5.74, 6) is -0.0449. The van der Waals surface area contributed by atoms with Gasteiger partial charge in [-0.15, -0.1) is 0 Å². The first-order valence-electron chi connectivity index (χ1n) is 9.99. The third-order valence-corrected chi connectivity index (χ3v) is 6.29. The lowest BCUT2D eigenvalue weighted by molar-refractivity contribution is -0.128. The molecule has 2 aromatic rings. The molecule has 152 valence electrons. The number of aromatic nitrogens is 2. The Labute approximate surface area is 167 Å². The maximum atomic E-state index is 13.0. The number of carbonyl (C=O) groups excluding carboxylic acids is 3. The molecule has 2 aromatic heterocycles. The van der Waals surface area contributed by atoms with E-state index in [1.807, 2.05) is 28.0 Å². The standard InChI is InChI=1S/C20H23N5O4/c1-13(26)23-11-17-18(12-23)29-20(28)24(17)14-6-9-22(10-7-14)19(27)16-5-4-15-3-2-8-21-25(15)16/h2-5,8,14,17-18H,6-7,9-12H2,1H3/t17-,18+/m1/s1. The Morgan fingerprint density at radius 1 is 1.10 bits per heavy atom. The molecule has 0 N–H and O–H groups in total. The molecule has 0 aliphatic carbocycles. The molecule has 9 heteroatoms. The maximum Gasteiger partial charge on any atom is 0.410 e. The van der Waals surface area contributed by atoms with Crippen LogP contribution in [0, 0.1) is 0 Å². The second-order valence-electron chi connectivity index (χ2n) is 7.92. The Balaban J connectivity index is 1.26. The molecular formula is C20H23N5O4. The largest absolute Gasteiger partial charge is 0.442 e. The topological polar surface area (TPSA) is 87.5 Å². The molecule has 3 aliphatic rings. The van der Waals surface area contributed by atoms with E-state index in [1.54, 1.807) is 21.7 Å². The molecule has 0 unspecified atom stereocenters. The van der Waals surface area contributed by atoms with Crippen molar-refractivity contribution in [1.82, 2.24) is 24.3 Å². The first-order valence-corrected chi connectivity index (χ1v) is 9.99. The zero-order valence-corrected chi connectivity index (χ0v) is 16.2. The molecule has 3 fully saturated rings. The zero-order valence-electron chi connectivity index (χ0n) is 16.2. The molecule has 29 heavy (non-hydrogen) atoms. The lowest BCUT2D eigenvalue weighted by Crippen LogP contribution is -2.51. The second-order valence-corrected chi connectivity index (χ2v) is 7.92. The quantitative estimate of drug-likeness (QED) is 0.754. The Bertz CT molecular complexity index is 980. The van der Waals surface area contributed by atoms with Crippen molar-refractivity contribution in [2.45, 2.75) is 38.0 Å². The van der Waals surface area contributed by atoms with Crippen LogP contribution in [0.15, 0.2) is 30.5 Å². The summed E-state index contributed by atoms with van der Waals surface area (Å²) in [4.78, 5) is 42.4. The van der Waals surface area contributed by atoms with Gasteiger partial charge in [0.05, 0.1) is 18.1 Å². The van der Waals surface area contributed by atoms with Crippen LogP contribution in [0.3, 0.4) is 0 Å². The number of amides is 3. The fourth-order valence-electron chi connectivity index (χ4n) is 4.76. The lowest BCUT2D eigenvalue weighted by Gasteiger charge is -2.37. The Morgan fingerprint density at radius 3 is 2.66 bits per heavy atom. The summed E-state index contributed by atoms with van der Waals surface area (Å²) in [6.45, 7) is 3.67. The summed E-state index contributed by atoms with van der Waals surface area (Å²) in [5.41, 5.74) is 1.43. The lowest BCUT2D eigenvalue weighted by atomic mass is 10.0. The monoisotopic (exact) mass is 397 g/mol. The molecule has 0 radical (unpaired) electrons. The van der Waals surface area contributed by atoms with Gasteiger partial charge in [0.15, 0.2) is 0 Å². The molecule has 3 saturated heterocycles. The van der Waals surface area contributed by atoms with E-state index in [0.29, 0.717) is 44.7 Å². The molecule has 0 spiro atoms. The van der Waals surface area contributed by atoms with Gasteiger partial charge in [-0.3, -0.25) is 14.5 Å². The van der Waals surface area contributed by atoms with E-state index < -0.39 is 0 Å². The van der Waals surface area contributed by atoms with Gasteiger partial charge < -0.3 is 14.5 Å². The minimum absolute atomic E-state index is 0.00356. The van der Waals surface area contributed by atoms with Crippen LogP contribution < -0.4 is 0 Å². The Hall–Kier alpha value is -3.10. The summed E-state index contributed by atoms with van der Waals surface area (Å²) < 4.78 is 7.17. The molecule has 9 nitrogen and oxygen atoms in total. The van der Waals surface area contributed by atoms with Gasteiger partial charge in [-0.05, 0) is 37.1 Å². The van der Waals surface area contributed by atoms with Crippen molar-refractivity contribution in [3.8, 4) is 0 Å². The van der Waals surface area contributed by atoms with Crippen LogP contribution in [-0.2, 0) is 9.53 Å². The highest BCUT2D eigenvalue weighted by Crippen LogP contribution is 2.32. The van der Waals surface area contributed by atoms with Crippen LogP contribution >= 0.6 is 0 Å². The number of nitrogens with zero attached hydrogens (tertiary/aromatic N) is 5. The third-order valence-electron chi connectivity index (χ3n) is 6.29. The van der Waals surface area contributed by atoms with Gasteiger partial charge in [0.25, 0.3) is 5.91 Å². The van der Waals surface area contributed by atoms with Crippen LogP contribution in [0.25, 0.3) is 5.52 Å². The molecule has 5 rings (SSSR count). The van der Waals surface area contributed by atoms with Crippen molar-refractivity contribution in [2.24, 2.45) is 0 Å². The van der Waals surface area contributed by atoms with Crippen molar-refractivity contribution in [3.63, 3.8) is 0 Å². The molecule has 3 amide bonds. The summed E-state index contributed by atoms with van der Waals surface area (Å²) in [5, 5.41) is 4.27. The van der Waals surface area contributed by atoms with Gasteiger partial charge in [-0.1, -0.05) is 0 Å². The predicted octanol–water partition coefficient (Wildman–Crippen LogP) is 0.990. The van der Waals surface area contributed by atoms with Gasteiger partial charge in [0.2, 0.25) is 5.91 Å². The van der Waals surface area contributed by atoms with Gasteiger partial charge in [-0.2, -0.15) is 5.10 Å². The van der Waals surface area contributed by atoms with E-state index in [4.69, 9.17) is 4.74 Å². The fourth-order valence-corrected chi connectivity index (χ4v) is 4.76. The van der Waals surface area contributed by atoms with Crippen LogP contribution in [0.4, 0.5) is 4.79 Å². The van der Waals surface area contributed by atoms with E-state index in [0.717, 1.165) is 5.52 Å². The highest BCUT2D eigenvalue weighted by molar-refractivity contribution is 5.94. The maximum absolute atomic E-state index is 13.0. The molecule has 0 saturated carbocycles. The zero-order chi connectivity index (χ0) is 20.1. The first kappa shape index (κ1) is 18.0. The number of ether oxygens (including phenoxy) is 1. The van der Waals surface area contributed by atoms with Crippen LogP contribution in [0.5, 0.6) is 0 Å². The van der Waals surface area contributed by atoms with Crippen molar-refractivity contribution >= 4 is 23.4 Å². The highest BCUT2D eigenvalue weighted by Gasteiger charge is 2.51. The molecule has 0 bridgehead atoms. The van der Waals surface area contributed by atoms with E-state index in [2.05, 4.69) is 5.10 Å². The smallest absolute Gasteiger partial charge is 0.410 e. The molecule has 5 heterocycles. The number of carbonyl (C=O) groups is 3. The fraction of sp³-hybridized carbons (Fsp3) is 0.500. The van der Waals surface area contributed by atoms with Crippen LogP contribution in [0.2, 0.25) is 0 Å². The molecule has 0 aromatic carbocycles. The normalized spacial score (nSPS) is 24.9. The van der Waals surface area contributed by atoms with E-state index in [1.165, 1.54) is 6.92 Å². The van der Waals surface area contributed by atoms with Crippen molar-refractivity contribution < 1.29 is 19.1 Å². The van der Waals surface area contributed by atoms with Gasteiger partial charge >= 0.3 is 6.09 Å². The van der Waals surface area contributed by atoms with E-state index in [9.17, 15) is 14.4 Å². The number of piperidine rings is 1. The summed E-state index contributed by atoms with van der Waals surface area (Å²) in [6, 6.07) is 7.38. The summed E-state index contributed by atoms with van der Waals surface area (Å²) in [7, 11) is 0. The molecule has 3 aliphatic heterocycles. The van der Waals surface area contributed by atoms with Crippen molar-refractivity contribution in [1.29, 1.82) is 0 Å². The number of rotatable bonds is 2. The van der Waals surface area contributed by atoms with E-state index in [-0.39, 0.29) is 36.1 Å². The van der Waals surface area contributed by atoms with Crippen molar-refractivity contribution in [2.75, 3.05) is 26.2 Å². The predicted molar refractivity (Wildman–Crippen MR) is 102 cm³/mol. The second kappa shape index (κ2) is 6.75. The van der Waals surface area contributed by atoms with Gasteiger partial charge in [-0.25, -0.2) is 9.31 Å². The number of fused-ring (bicyclic) bond motifs is 2. The molecular weight excluding hydrogens is 374 g/mol. The average Bonchev–Trinajstić information content (AvgIpc) is 3.40. The Morgan fingerprint density at radius 2 is 1.90 bits per heavy atom. The van der Waals surface area contributed by atoms with E-state index >= 15 is 0 Å². The summed E-state index contributed by atoms with van der Waals surface area (Å²) in [6.07, 6.45) is 2.51.